The minimum absolute atomic E-state index is 0.0775. The fourth-order valence-corrected chi connectivity index (χ4v) is 3.78. The maximum absolute atomic E-state index is 12.5. The second kappa shape index (κ2) is 7.49. The predicted octanol–water partition coefficient (Wildman–Crippen LogP) is 4.72. The smallest absolute Gasteiger partial charge is 0.336 e. The average molecular weight is 392 g/mol. The Morgan fingerprint density at radius 1 is 1.00 bits per heavy atom. The molecule has 0 spiro atoms. The van der Waals surface area contributed by atoms with Gasteiger partial charge in [-0.3, -0.25) is 4.79 Å². The van der Waals surface area contributed by atoms with Crippen LogP contribution in [0.25, 0.3) is 0 Å². The van der Waals surface area contributed by atoms with Gasteiger partial charge in [-0.15, -0.1) is 0 Å². The number of carbonyl (C=O) groups excluding carboxylic acids is 1. The van der Waals surface area contributed by atoms with Gasteiger partial charge in [0.15, 0.2) is 0 Å². The summed E-state index contributed by atoms with van der Waals surface area (Å²) in [7, 11) is 0. The third-order valence-corrected chi connectivity index (χ3v) is 5.19. The summed E-state index contributed by atoms with van der Waals surface area (Å²) in [4.78, 5) is 25.8. The van der Waals surface area contributed by atoms with E-state index in [0.29, 0.717) is 30.0 Å². The molecule has 0 saturated carbocycles. The van der Waals surface area contributed by atoms with Crippen LogP contribution in [0.3, 0.4) is 0 Å². The van der Waals surface area contributed by atoms with Crippen molar-refractivity contribution in [3.05, 3.63) is 99.6 Å². The molecule has 3 aromatic carbocycles. The number of hydrogen-bond acceptors (Lipinski definition) is 2. The van der Waals surface area contributed by atoms with Gasteiger partial charge in [0.1, 0.15) is 0 Å². The van der Waals surface area contributed by atoms with E-state index in [1.54, 1.807) is 17.0 Å². The summed E-state index contributed by atoms with van der Waals surface area (Å²) >= 11 is 5.93. The lowest BCUT2D eigenvalue weighted by molar-refractivity contribution is -0.117. The van der Waals surface area contributed by atoms with Crippen LogP contribution in [0.1, 0.15) is 32.6 Å². The summed E-state index contributed by atoms with van der Waals surface area (Å²) in [6, 6.07) is 20.7. The highest BCUT2D eigenvalue weighted by molar-refractivity contribution is 6.31. The van der Waals surface area contributed by atoms with Gasteiger partial charge >= 0.3 is 5.97 Å². The Bertz CT molecular complexity index is 1060. The van der Waals surface area contributed by atoms with Crippen molar-refractivity contribution in [2.24, 2.45) is 0 Å². The van der Waals surface area contributed by atoms with Gasteiger partial charge in [0.2, 0.25) is 5.91 Å². The number of hydrogen-bond donors (Lipinski definition) is 1. The highest BCUT2D eigenvalue weighted by atomic mass is 35.5. The Labute approximate surface area is 168 Å². The molecule has 4 nitrogen and oxygen atoms in total. The number of rotatable bonds is 5. The third-order valence-electron chi connectivity index (χ3n) is 4.96. The number of nitrogens with zero attached hydrogens (tertiary/aromatic N) is 1. The molecule has 140 valence electrons. The van der Waals surface area contributed by atoms with Gasteiger partial charge in [0.05, 0.1) is 18.5 Å². The quantitative estimate of drug-likeness (QED) is 0.684. The van der Waals surface area contributed by atoms with Gasteiger partial charge in [0, 0.05) is 10.7 Å². The van der Waals surface area contributed by atoms with E-state index in [9.17, 15) is 14.7 Å². The number of anilines is 1. The van der Waals surface area contributed by atoms with Crippen LogP contribution in [-0.2, 0) is 24.2 Å². The molecule has 1 heterocycles. The monoisotopic (exact) mass is 391 g/mol. The molecule has 0 aliphatic carbocycles. The molecule has 0 atom stereocenters. The van der Waals surface area contributed by atoms with Gasteiger partial charge in [0.25, 0.3) is 0 Å². The Morgan fingerprint density at radius 3 is 2.54 bits per heavy atom. The molecule has 0 saturated heterocycles. The second-order valence-corrected chi connectivity index (χ2v) is 7.33. The first-order chi connectivity index (χ1) is 13.5. The maximum atomic E-state index is 12.5. The molecule has 5 heteroatoms. The number of carboxylic acids is 1. The Kier molecular flexibility index (Phi) is 4.88. The van der Waals surface area contributed by atoms with E-state index >= 15 is 0 Å². The lowest BCUT2D eigenvalue weighted by Crippen LogP contribution is -2.25. The molecule has 0 aromatic heterocycles. The van der Waals surface area contributed by atoms with Crippen molar-refractivity contribution in [2.45, 2.75) is 19.4 Å². The summed E-state index contributed by atoms with van der Waals surface area (Å²) in [5.74, 6) is -0.920. The van der Waals surface area contributed by atoms with Crippen LogP contribution in [0.2, 0.25) is 5.02 Å². The molecular weight excluding hydrogens is 374 g/mol. The van der Waals surface area contributed by atoms with Crippen molar-refractivity contribution < 1.29 is 14.7 Å². The number of carbonyl (C=O) groups is 2. The van der Waals surface area contributed by atoms with Crippen LogP contribution in [0.4, 0.5) is 5.69 Å². The van der Waals surface area contributed by atoms with Crippen LogP contribution in [0.15, 0.2) is 66.7 Å². The summed E-state index contributed by atoms with van der Waals surface area (Å²) in [5.41, 5.74) is 4.85. The zero-order valence-corrected chi connectivity index (χ0v) is 15.8. The SMILES string of the molecule is O=C(O)c1cc(Cl)ccc1Cc1ccc2c(c1)CC(=O)N2Cc1ccccc1. The van der Waals surface area contributed by atoms with Crippen LogP contribution in [0.5, 0.6) is 0 Å². The lowest BCUT2D eigenvalue weighted by Gasteiger charge is -2.18. The lowest BCUT2D eigenvalue weighted by atomic mass is 9.98. The first-order valence-electron chi connectivity index (χ1n) is 8.99. The molecule has 1 N–H and O–H groups in total. The Balaban J connectivity index is 1.60. The van der Waals surface area contributed by atoms with Gasteiger partial charge in [-0.2, -0.15) is 0 Å². The standard InChI is InChI=1S/C23H18ClNO3/c24-19-8-7-17(20(13-19)23(27)28)10-16-6-9-21-18(11-16)12-22(26)25(21)14-15-4-2-1-3-5-15/h1-9,11,13H,10,12,14H2,(H,27,28). The minimum atomic E-state index is -0.997. The largest absolute Gasteiger partial charge is 0.478 e. The highest BCUT2D eigenvalue weighted by Gasteiger charge is 2.27. The first-order valence-corrected chi connectivity index (χ1v) is 9.37. The molecule has 0 radical (unpaired) electrons. The zero-order chi connectivity index (χ0) is 19.7. The molecule has 1 aliphatic heterocycles. The average Bonchev–Trinajstić information content (AvgIpc) is 2.98. The van der Waals surface area contributed by atoms with Gasteiger partial charge in [-0.05, 0) is 46.9 Å². The highest BCUT2D eigenvalue weighted by Crippen LogP contribution is 2.32. The van der Waals surface area contributed by atoms with Crippen molar-refractivity contribution in [3.63, 3.8) is 0 Å². The molecular formula is C23H18ClNO3. The van der Waals surface area contributed by atoms with Crippen molar-refractivity contribution >= 4 is 29.2 Å². The second-order valence-electron chi connectivity index (χ2n) is 6.89. The summed E-state index contributed by atoms with van der Waals surface area (Å²) < 4.78 is 0. The van der Waals surface area contributed by atoms with E-state index in [-0.39, 0.29) is 11.5 Å². The molecule has 0 fully saturated rings. The number of halogens is 1. The molecule has 0 unspecified atom stereocenters. The van der Waals surface area contributed by atoms with Crippen molar-refractivity contribution in [1.82, 2.24) is 0 Å². The van der Waals surface area contributed by atoms with Crippen molar-refractivity contribution in [3.8, 4) is 0 Å². The summed E-state index contributed by atoms with van der Waals surface area (Å²) in [6.45, 7) is 0.548. The molecule has 0 bridgehead atoms. The fraction of sp³-hybridized carbons (Fsp3) is 0.130. The minimum Gasteiger partial charge on any atom is -0.478 e. The van der Waals surface area contributed by atoms with Crippen LogP contribution < -0.4 is 4.90 Å². The maximum Gasteiger partial charge on any atom is 0.336 e. The number of fused-ring (bicyclic) bond motifs is 1. The van der Waals surface area contributed by atoms with Crippen molar-refractivity contribution in [2.75, 3.05) is 4.90 Å². The summed E-state index contributed by atoms with van der Waals surface area (Å²) in [5, 5.41) is 9.82. The summed E-state index contributed by atoms with van der Waals surface area (Å²) in [6.07, 6.45) is 0.835. The van der Waals surface area contributed by atoms with Gasteiger partial charge < -0.3 is 10.0 Å². The fourth-order valence-electron chi connectivity index (χ4n) is 3.61. The molecule has 28 heavy (non-hydrogen) atoms. The molecule has 3 aromatic rings. The number of carboxylic acid groups (broad SMARTS) is 1. The van der Waals surface area contributed by atoms with E-state index in [0.717, 1.165) is 22.4 Å². The topological polar surface area (TPSA) is 57.6 Å². The van der Waals surface area contributed by atoms with E-state index in [1.165, 1.54) is 6.07 Å². The third kappa shape index (κ3) is 3.64. The van der Waals surface area contributed by atoms with E-state index in [4.69, 9.17) is 11.6 Å². The van der Waals surface area contributed by atoms with Crippen LogP contribution in [0, 0.1) is 0 Å². The van der Waals surface area contributed by atoms with E-state index in [1.807, 2.05) is 48.5 Å². The van der Waals surface area contributed by atoms with Crippen LogP contribution in [-0.4, -0.2) is 17.0 Å². The van der Waals surface area contributed by atoms with E-state index < -0.39 is 5.97 Å². The molecule has 1 aliphatic rings. The normalized spacial score (nSPS) is 12.9. The number of benzene rings is 3. The number of amides is 1. The van der Waals surface area contributed by atoms with Crippen LogP contribution >= 0.6 is 11.6 Å². The molecule has 4 rings (SSSR count). The van der Waals surface area contributed by atoms with Gasteiger partial charge in [-0.25, -0.2) is 4.79 Å². The first kappa shape index (κ1) is 18.3. The Hall–Kier alpha value is -3.11. The number of aromatic carboxylic acids is 1. The predicted molar refractivity (Wildman–Crippen MR) is 109 cm³/mol. The molecule has 1 amide bonds. The van der Waals surface area contributed by atoms with Crippen molar-refractivity contribution in [1.29, 1.82) is 0 Å². The van der Waals surface area contributed by atoms with Gasteiger partial charge in [-0.1, -0.05) is 60.1 Å². The Morgan fingerprint density at radius 2 is 1.79 bits per heavy atom. The van der Waals surface area contributed by atoms with E-state index in [2.05, 4.69) is 0 Å². The zero-order valence-electron chi connectivity index (χ0n) is 15.1.